The van der Waals surface area contributed by atoms with Crippen LogP contribution in [0.2, 0.25) is 0 Å². The van der Waals surface area contributed by atoms with Gasteiger partial charge in [-0.1, -0.05) is 17.7 Å². The molecule has 0 amide bonds. The zero-order valence-corrected chi connectivity index (χ0v) is 11.9. The number of halogens is 1. The molecule has 2 atom stereocenters. The highest BCUT2D eigenvalue weighted by Crippen LogP contribution is 2.33. The van der Waals surface area contributed by atoms with E-state index < -0.39 is 5.00 Å². The maximum Gasteiger partial charge on any atom is 0.134 e. The lowest BCUT2D eigenvalue weighted by molar-refractivity contribution is 0.139. The van der Waals surface area contributed by atoms with Crippen LogP contribution in [0, 0.1) is 0 Å². The molecule has 0 saturated heterocycles. The Hall–Kier alpha value is -1.11. The number of nitrogens with one attached hydrogen (secondary N) is 1. The van der Waals surface area contributed by atoms with Crippen LogP contribution in [0.15, 0.2) is 36.6 Å². The molecule has 1 aliphatic carbocycles. The number of aromatic nitrogens is 1. The lowest BCUT2D eigenvalue weighted by atomic mass is 9.94. The first-order chi connectivity index (χ1) is 9.60. The standard InChI is InChI=1S/C14H20ClN3O2/c15-14(18(6-8-19)7-9-20)4-3-12(16)11(10-14)13-2-1-5-17-13/h1-5,10,12,17,19-20H,6-9,16H2. The molecule has 1 aliphatic rings. The maximum atomic E-state index is 9.15. The van der Waals surface area contributed by atoms with Crippen LogP contribution in [-0.2, 0) is 0 Å². The summed E-state index contributed by atoms with van der Waals surface area (Å²) in [4.78, 5) is 4.04. The third-order valence-electron chi connectivity index (χ3n) is 3.39. The molecule has 0 bridgehead atoms. The van der Waals surface area contributed by atoms with E-state index in [0.717, 1.165) is 11.3 Å². The first kappa shape index (κ1) is 15.3. The van der Waals surface area contributed by atoms with Gasteiger partial charge in [-0.15, -0.1) is 0 Å². The fraction of sp³-hybridized carbons (Fsp3) is 0.429. The van der Waals surface area contributed by atoms with Crippen molar-refractivity contribution in [2.24, 2.45) is 5.73 Å². The lowest BCUT2D eigenvalue weighted by Gasteiger charge is -2.37. The Morgan fingerprint density at radius 2 is 2.05 bits per heavy atom. The van der Waals surface area contributed by atoms with Gasteiger partial charge in [-0.3, -0.25) is 4.90 Å². The molecule has 0 aromatic carbocycles. The van der Waals surface area contributed by atoms with Crippen molar-refractivity contribution in [3.63, 3.8) is 0 Å². The van der Waals surface area contributed by atoms with Gasteiger partial charge in [0.25, 0.3) is 0 Å². The Labute approximate surface area is 123 Å². The predicted molar refractivity (Wildman–Crippen MR) is 80.2 cm³/mol. The highest BCUT2D eigenvalue weighted by atomic mass is 35.5. The largest absolute Gasteiger partial charge is 0.395 e. The minimum atomic E-state index is -0.887. The van der Waals surface area contributed by atoms with Crippen molar-refractivity contribution < 1.29 is 10.2 Å². The van der Waals surface area contributed by atoms with Crippen molar-refractivity contribution in [3.05, 3.63) is 42.3 Å². The molecule has 0 spiro atoms. The summed E-state index contributed by atoms with van der Waals surface area (Å²) >= 11 is 6.65. The van der Waals surface area contributed by atoms with Gasteiger partial charge in [0, 0.05) is 25.0 Å². The van der Waals surface area contributed by atoms with Crippen LogP contribution in [0.25, 0.3) is 5.57 Å². The molecule has 1 aromatic heterocycles. The van der Waals surface area contributed by atoms with Gasteiger partial charge < -0.3 is 20.9 Å². The summed E-state index contributed by atoms with van der Waals surface area (Å²) in [5.41, 5.74) is 7.90. The van der Waals surface area contributed by atoms with Crippen molar-refractivity contribution in [2.45, 2.75) is 11.0 Å². The van der Waals surface area contributed by atoms with Gasteiger partial charge in [0.2, 0.25) is 0 Å². The second-order valence-electron chi connectivity index (χ2n) is 4.73. The molecule has 5 nitrogen and oxygen atoms in total. The number of aliphatic hydroxyl groups excluding tert-OH is 2. The van der Waals surface area contributed by atoms with Crippen molar-refractivity contribution >= 4 is 17.2 Å². The SMILES string of the molecule is NC1C=CC(Cl)(N(CCO)CCO)C=C1c1ccc[nH]1. The van der Waals surface area contributed by atoms with Crippen LogP contribution in [0.4, 0.5) is 0 Å². The molecule has 0 radical (unpaired) electrons. The third-order valence-corrected chi connectivity index (χ3v) is 3.86. The molecule has 2 unspecified atom stereocenters. The van der Waals surface area contributed by atoms with Crippen LogP contribution in [-0.4, -0.2) is 57.4 Å². The predicted octanol–water partition coefficient (Wildman–Crippen LogP) is 0.517. The molecule has 20 heavy (non-hydrogen) atoms. The van der Waals surface area contributed by atoms with Crippen LogP contribution < -0.4 is 5.73 Å². The fourth-order valence-electron chi connectivity index (χ4n) is 2.36. The van der Waals surface area contributed by atoms with E-state index in [1.165, 1.54) is 0 Å². The summed E-state index contributed by atoms with van der Waals surface area (Å²) in [7, 11) is 0. The highest BCUT2D eigenvalue weighted by Gasteiger charge is 2.33. The molecule has 5 N–H and O–H groups in total. The Balaban J connectivity index is 2.32. The lowest BCUT2D eigenvalue weighted by Crippen LogP contribution is -2.46. The second-order valence-corrected chi connectivity index (χ2v) is 5.34. The fourth-order valence-corrected chi connectivity index (χ4v) is 2.72. The van der Waals surface area contributed by atoms with E-state index in [0.29, 0.717) is 13.1 Å². The minimum Gasteiger partial charge on any atom is -0.395 e. The molecular formula is C14H20ClN3O2. The topological polar surface area (TPSA) is 85.5 Å². The molecule has 6 heteroatoms. The van der Waals surface area contributed by atoms with Gasteiger partial charge in [-0.25, -0.2) is 0 Å². The molecule has 1 aromatic rings. The summed E-state index contributed by atoms with van der Waals surface area (Å²) in [6.45, 7) is 0.691. The Kier molecular flexibility index (Phi) is 5.01. The normalized spacial score (nSPS) is 26.1. The molecular weight excluding hydrogens is 278 g/mol. The van der Waals surface area contributed by atoms with Crippen molar-refractivity contribution in [3.8, 4) is 0 Å². The number of nitrogens with two attached hydrogens (primary N) is 1. The molecule has 1 heterocycles. The Morgan fingerprint density at radius 3 is 2.60 bits per heavy atom. The van der Waals surface area contributed by atoms with Crippen LogP contribution >= 0.6 is 11.6 Å². The van der Waals surface area contributed by atoms with Crippen molar-refractivity contribution in [1.29, 1.82) is 0 Å². The van der Waals surface area contributed by atoms with Crippen LogP contribution in [0.3, 0.4) is 0 Å². The van der Waals surface area contributed by atoms with Gasteiger partial charge in [-0.05, 0) is 29.9 Å². The summed E-state index contributed by atoms with van der Waals surface area (Å²) < 4.78 is 0. The number of hydrogen-bond acceptors (Lipinski definition) is 4. The van der Waals surface area contributed by atoms with E-state index in [4.69, 9.17) is 27.5 Å². The van der Waals surface area contributed by atoms with Gasteiger partial charge in [-0.2, -0.15) is 0 Å². The number of aromatic amines is 1. The number of rotatable bonds is 6. The summed E-state index contributed by atoms with van der Waals surface area (Å²) in [6, 6.07) is 3.60. The number of alkyl halides is 1. The molecule has 0 aliphatic heterocycles. The van der Waals surface area contributed by atoms with Gasteiger partial charge in [0.1, 0.15) is 5.00 Å². The summed E-state index contributed by atoms with van der Waals surface area (Å²) in [5.74, 6) is 0. The van der Waals surface area contributed by atoms with Crippen LogP contribution in [0.1, 0.15) is 5.69 Å². The molecule has 110 valence electrons. The Morgan fingerprint density at radius 1 is 1.35 bits per heavy atom. The van der Waals surface area contributed by atoms with E-state index in [1.54, 1.807) is 11.0 Å². The minimum absolute atomic E-state index is 0.0277. The average Bonchev–Trinajstić information content (AvgIpc) is 2.95. The van der Waals surface area contributed by atoms with Crippen LogP contribution in [0.5, 0.6) is 0 Å². The quantitative estimate of drug-likeness (QED) is 0.350. The third kappa shape index (κ3) is 3.13. The van der Waals surface area contributed by atoms with E-state index >= 15 is 0 Å². The average molecular weight is 298 g/mol. The van der Waals surface area contributed by atoms with Crippen molar-refractivity contribution in [2.75, 3.05) is 26.3 Å². The number of hydrogen-bond donors (Lipinski definition) is 4. The summed E-state index contributed by atoms with van der Waals surface area (Å²) in [6.07, 6.45) is 7.34. The van der Waals surface area contributed by atoms with E-state index in [2.05, 4.69) is 4.98 Å². The van der Waals surface area contributed by atoms with Gasteiger partial charge in [0.05, 0.1) is 19.3 Å². The molecule has 2 rings (SSSR count). The smallest absolute Gasteiger partial charge is 0.134 e. The number of nitrogens with zero attached hydrogens (tertiary/aromatic N) is 1. The highest BCUT2D eigenvalue weighted by molar-refractivity contribution is 6.27. The zero-order chi connectivity index (χ0) is 14.6. The van der Waals surface area contributed by atoms with Crippen molar-refractivity contribution in [1.82, 2.24) is 9.88 Å². The summed E-state index contributed by atoms with van der Waals surface area (Å²) in [5, 5.41) is 18.3. The second kappa shape index (κ2) is 6.56. The monoisotopic (exact) mass is 297 g/mol. The maximum absolute atomic E-state index is 9.15. The van der Waals surface area contributed by atoms with Gasteiger partial charge in [0.15, 0.2) is 0 Å². The van der Waals surface area contributed by atoms with E-state index in [9.17, 15) is 0 Å². The molecule has 0 saturated carbocycles. The zero-order valence-electron chi connectivity index (χ0n) is 11.2. The van der Waals surface area contributed by atoms with Gasteiger partial charge >= 0.3 is 0 Å². The number of H-pyrrole nitrogens is 1. The van der Waals surface area contributed by atoms with E-state index in [1.807, 2.05) is 30.5 Å². The molecule has 0 fully saturated rings. The Bertz CT molecular complexity index is 481. The van der Waals surface area contributed by atoms with E-state index in [-0.39, 0.29) is 19.3 Å². The first-order valence-corrected chi connectivity index (χ1v) is 6.95. The number of aliphatic hydroxyl groups is 2. The first-order valence-electron chi connectivity index (χ1n) is 6.58.